The summed E-state index contributed by atoms with van der Waals surface area (Å²) >= 11 is 0. The molecule has 2 atom stereocenters. The standard InChI is InChI=1S/C13H17N/c1-2-4-11(5-3-1)12-8-13(12)14-9-10-6-7-10/h1-5,10,12-14H,6-9H2/t12-,13+/m0/s1. The molecule has 0 spiro atoms. The highest BCUT2D eigenvalue weighted by atomic mass is 15.0. The first-order chi connectivity index (χ1) is 6.93. The van der Waals surface area contributed by atoms with Crippen LogP contribution in [-0.2, 0) is 0 Å². The van der Waals surface area contributed by atoms with E-state index in [-0.39, 0.29) is 0 Å². The molecule has 1 aromatic rings. The molecule has 2 fully saturated rings. The SMILES string of the molecule is c1ccc([C@@H]2C[C@H]2NCC2CC2)cc1. The predicted octanol–water partition coefficient (Wildman–Crippen LogP) is 2.54. The van der Waals surface area contributed by atoms with Crippen LogP contribution in [0.3, 0.4) is 0 Å². The molecular formula is C13H17N. The average molecular weight is 187 g/mol. The van der Waals surface area contributed by atoms with Crippen molar-refractivity contribution in [3.8, 4) is 0 Å². The van der Waals surface area contributed by atoms with E-state index in [1.54, 1.807) is 0 Å². The van der Waals surface area contributed by atoms with Crippen LogP contribution in [0.2, 0.25) is 0 Å². The van der Waals surface area contributed by atoms with Crippen molar-refractivity contribution in [3.63, 3.8) is 0 Å². The van der Waals surface area contributed by atoms with Crippen molar-refractivity contribution in [3.05, 3.63) is 35.9 Å². The number of nitrogens with one attached hydrogen (secondary N) is 1. The Hall–Kier alpha value is -0.820. The lowest BCUT2D eigenvalue weighted by Gasteiger charge is -2.02. The van der Waals surface area contributed by atoms with Crippen molar-refractivity contribution in [1.29, 1.82) is 0 Å². The lowest BCUT2D eigenvalue weighted by atomic mass is 10.1. The van der Waals surface area contributed by atoms with Gasteiger partial charge in [-0.25, -0.2) is 0 Å². The maximum atomic E-state index is 3.67. The van der Waals surface area contributed by atoms with Crippen LogP contribution in [0.1, 0.15) is 30.7 Å². The van der Waals surface area contributed by atoms with Gasteiger partial charge in [-0.05, 0) is 37.3 Å². The van der Waals surface area contributed by atoms with Gasteiger partial charge in [0.2, 0.25) is 0 Å². The Balaban J connectivity index is 1.52. The van der Waals surface area contributed by atoms with Crippen molar-refractivity contribution in [2.45, 2.75) is 31.2 Å². The van der Waals surface area contributed by atoms with E-state index in [9.17, 15) is 0 Å². The Labute approximate surface area is 85.5 Å². The van der Waals surface area contributed by atoms with E-state index in [0.29, 0.717) is 0 Å². The van der Waals surface area contributed by atoms with Gasteiger partial charge in [0.05, 0.1) is 0 Å². The number of hydrogen-bond donors (Lipinski definition) is 1. The van der Waals surface area contributed by atoms with Gasteiger partial charge in [0.15, 0.2) is 0 Å². The van der Waals surface area contributed by atoms with Gasteiger partial charge in [0, 0.05) is 12.0 Å². The van der Waals surface area contributed by atoms with E-state index < -0.39 is 0 Å². The summed E-state index contributed by atoms with van der Waals surface area (Å²) in [5.74, 6) is 1.81. The molecule has 2 saturated carbocycles. The Morgan fingerprint density at radius 3 is 2.64 bits per heavy atom. The first-order valence-electron chi connectivity index (χ1n) is 5.72. The monoisotopic (exact) mass is 187 g/mol. The molecule has 3 rings (SSSR count). The Morgan fingerprint density at radius 1 is 1.14 bits per heavy atom. The molecule has 1 aromatic carbocycles. The van der Waals surface area contributed by atoms with Crippen LogP contribution in [0.5, 0.6) is 0 Å². The molecule has 1 heteroatoms. The zero-order valence-corrected chi connectivity index (χ0v) is 8.45. The van der Waals surface area contributed by atoms with Crippen LogP contribution in [0.25, 0.3) is 0 Å². The van der Waals surface area contributed by atoms with Gasteiger partial charge in [-0.15, -0.1) is 0 Å². The summed E-state index contributed by atoms with van der Waals surface area (Å²) in [5.41, 5.74) is 1.51. The van der Waals surface area contributed by atoms with Gasteiger partial charge in [0.25, 0.3) is 0 Å². The zero-order chi connectivity index (χ0) is 9.38. The van der Waals surface area contributed by atoms with E-state index >= 15 is 0 Å². The maximum Gasteiger partial charge on any atom is 0.0143 e. The zero-order valence-electron chi connectivity index (χ0n) is 8.45. The second kappa shape index (κ2) is 3.39. The van der Waals surface area contributed by atoms with Crippen LogP contribution < -0.4 is 5.32 Å². The molecule has 0 aliphatic heterocycles. The molecule has 0 unspecified atom stereocenters. The molecule has 74 valence electrons. The van der Waals surface area contributed by atoms with Crippen LogP contribution >= 0.6 is 0 Å². The van der Waals surface area contributed by atoms with E-state index in [2.05, 4.69) is 35.6 Å². The third-order valence-corrected chi connectivity index (χ3v) is 3.38. The third kappa shape index (κ3) is 1.83. The van der Waals surface area contributed by atoms with E-state index in [4.69, 9.17) is 0 Å². The molecule has 2 aliphatic rings. The molecule has 14 heavy (non-hydrogen) atoms. The Morgan fingerprint density at radius 2 is 1.93 bits per heavy atom. The van der Waals surface area contributed by atoms with Crippen molar-refractivity contribution in [1.82, 2.24) is 5.32 Å². The summed E-state index contributed by atoms with van der Waals surface area (Å²) in [6, 6.07) is 11.7. The lowest BCUT2D eigenvalue weighted by Crippen LogP contribution is -2.20. The first-order valence-corrected chi connectivity index (χ1v) is 5.72. The average Bonchev–Trinajstić information content (AvgIpc) is 3.12. The van der Waals surface area contributed by atoms with Crippen molar-refractivity contribution in [2.75, 3.05) is 6.54 Å². The summed E-state index contributed by atoms with van der Waals surface area (Å²) < 4.78 is 0. The molecule has 1 N–H and O–H groups in total. The first kappa shape index (κ1) is 8.49. The fourth-order valence-corrected chi connectivity index (χ4v) is 2.13. The minimum absolute atomic E-state index is 0.776. The molecule has 0 bridgehead atoms. The van der Waals surface area contributed by atoms with Crippen LogP contribution in [-0.4, -0.2) is 12.6 Å². The largest absolute Gasteiger partial charge is 0.313 e. The van der Waals surface area contributed by atoms with Crippen LogP contribution in [0, 0.1) is 5.92 Å². The molecule has 0 heterocycles. The van der Waals surface area contributed by atoms with Gasteiger partial charge in [0.1, 0.15) is 0 Å². The normalized spacial score (nSPS) is 30.3. The van der Waals surface area contributed by atoms with E-state index in [0.717, 1.165) is 17.9 Å². The second-order valence-corrected chi connectivity index (χ2v) is 4.71. The number of benzene rings is 1. The van der Waals surface area contributed by atoms with Gasteiger partial charge in [-0.2, -0.15) is 0 Å². The fourth-order valence-electron chi connectivity index (χ4n) is 2.13. The van der Waals surface area contributed by atoms with Gasteiger partial charge < -0.3 is 5.32 Å². The van der Waals surface area contributed by atoms with Gasteiger partial charge >= 0.3 is 0 Å². The van der Waals surface area contributed by atoms with E-state index in [1.165, 1.54) is 31.4 Å². The Bertz CT molecular complexity index is 302. The number of hydrogen-bond acceptors (Lipinski definition) is 1. The highest BCUT2D eigenvalue weighted by molar-refractivity contribution is 5.27. The molecular weight excluding hydrogens is 170 g/mol. The lowest BCUT2D eigenvalue weighted by molar-refractivity contribution is 0.625. The molecule has 0 saturated heterocycles. The molecule has 0 amide bonds. The topological polar surface area (TPSA) is 12.0 Å². The summed E-state index contributed by atoms with van der Waals surface area (Å²) in [7, 11) is 0. The Kier molecular flexibility index (Phi) is 2.06. The smallest absolute Gasteiger partial charge is 0.0143 e. The summed E-state index contributed by atoms with van der Waals surface area (Å²) in [6.07, 6.45) is 4.25. The fraction of sp³-hybridized carbons (Fsp3) is 0.538. The minimum Gasteiger partial charge on any atom is -0.313 e. The highest BCUT2D eigenvalue weighted by Gasteiger charge is 2.38. The summed E-state index contributed by atoms with van der Waals surface area (Å²) in [5, 5.41) is 3.67. The van der Waals surface area contributed by atoms with Crippen LogP contribution in [0.15, 0.2) is 30.3 Å². The second-order valence-electron chi connectivity index (χ2n) is 4.71. The summed E-state index contributed by atoms with van der Waals surface area (Å²) in [4.78, 5) is 0. The highest BCUT2D eigenvalue weighted by Crippen LogP contribution is 2.41. The quantitative estimate of drug-likeness (QED) is 0.763. The minimum atomic E-state index is 0.776. The molecule has 1 nitrogen and oxygen atoms in total. The molecule has 0 radical (unpaired) electrons. The predicted molar refractivity (Wildman–Crippen MR) is 58.3 cm³/mol. The van der Waals surface area contributed by atoms with Crippen molar-refractivity contribution < 1.29 is 0 Å². The molecule has 2 aliphatic carbocycles. The summed E-state index contributed by atoms with van der Waals surface area (Å²) in [6.45, 7) is 1.26. The van der Waals surface area contributed by atoms with Crippen LogP contribution in [0.4, 0.5) is 0 Å². The third-order valence-electron chi connectivity index (χ3n) is 3.38. The van der Waals surface area contributed by atoms with E-state index in [1.807, 2.05) is 0 Å². The van der Waals surface area contributed by atoms with Gasteiger partial charge in [-0.1, -0.05) is 30.3 Å². The van der Waals surface area contributed by atoms with Crippen molar-refractivity contribution in [2.24, 2.45) is 5.92 Å². The van der Waals surface area contributed by atoms with Crippen molar-refractivity contribution >= 4 is 0 Å². The van der Waals surface area contributed by atoms with Gasteiger partial charge in [-0.3, -0.25) is 0 Å². The molecule has 0 aromatic heterocycles. The number of rotatable bonds is 4. The maximum absolute atomic E-state index is 3.67.